The van der Waals surface area contributed by atoms with Gasteiger partial charge in [0, 0.05) is 25.5 Å². The maximum Gasteiger partial charge on any atom is 0.122 e. The molecule has 3 aromatic rings. The number of fused-ring (bicyclic) bond motifs is 1. The van der Waals surface area contributed by atoms with Gasteiger partial charge in [0.05, 0.1) is 0 Å². The summed E-state index contributed by atoms with van der Waals surface area (Å²) >= 11 is 0. The number of likely N-dealkylation sites (tertiary alicyclic amines) is 1. The van der Waals surface area contributed by atoms with Crippen molar-refractivity contribution >= 4 is 10.8 Å². The summed E-state index contributed by atoms with van der Waals surface area (Å²) < 4.78 is 8.33. The van der Waals surface area contributed by atoms with Crippen LogP contribution in [0.4, 0.5) is 0 Å². The lowest BCUT2D eigenvalue weighted by molar-refractivity contribution is 0.148. The van der Waals surface area contributed by atoms with E-state index in [0.29, 0.717) is 0 Å². The van der Waals surface area contributed by atoms with Gasteiger partial charge in [0.1, 0.15) is 12.4 Å². The third-order valence-electron chi connectivity index (χ3n) is 5.54. The molecule has 3 nitrogen and oxygen atoms in total. The molecule has 2 aromatic carbocycles. The minimum atomic E-state index is 0.776. The van der Waals surface area contributed by atoms with Crippen LogP contribution in [-0.4, -0.2) is 35.7 Å². The molecule has 1 fully saturated rings. The van der Waals surface area contributed by atoms with Crippen molar-refractivity contribution in [3.05, 3.63) is 66.5 Å². The molecule has 1 aliphatic rings. The first-order chi connectivity index (χ1) is 12.8. The number of aromatic nitrogens is 1. The first kappa shape index (κ1) is 17.2. The molecule has 4 rings (SSSR count). The molecule has 0 N–H and O–H groups in total. The van der Waals surface area contributed by atoms with E-state index >= 15 is 0 Å². The van der Waals surface area contributed by atoms with Gasteiger partial charge in [-0.3, -0.25) is 4.90 Å². The Hall–Kier alpha value is -2.26. The zero-order valence-electron chi connectivity index (χ0n) is 15.6. The Morgan fingerprint density at radius 2 is 1.58 bits per heavy atom. The molecule has 3 heteroatoms. The highest BCUT2D eigenvalue weighted by Gasteiger charge is 2.19. The van der Waals surface area contributed by atoms with Gasteiger partial charge >= 0.3 is 0 Å². The highest BCUT2D eigenvalue weighted by Crippen LogP contribution is 2.22. The Balaban J connectivity index is 1.22. The molecule has 0 aliphatic carbocycles. The topological polar surface area (TPSA) is 17.4 Å². The summed E-state index contributed by atoms with van der Waals surface area (Å²) in [4.78, 5) is 2.54. The summed E-state index contributed by atoms with van der Waals surface area (Å²) in [5.74, 6) is 1.80. The number of piperidine rings is 1. The van der Waals surface area contributed by atoms with Crippen LogP contribution in [0.25, 0.3) is 10.8 Å². The summed E-state index contributed by atoms with van der Waals surface area (Å²) in [6.07, 6.45) is 7.13. The minimum absolute atomic E-state index is 0.776. The Morgan fingerprint density at radius 1 is 0.923 bits per heavy atom. The number of para-hydroxylation sites is 1. The number of ether oxygens (including phenoxy) is 1. The van der Waals surface area contributed by atoms with Crippen LogP contribution in [0.15, 0.2) is 60.9 Å². The molecule has 0 unspecified atom stereocenters. The van der Waals surface area contributed by atoms with Crippen LogP contribution in [-0.2, 0) is 6.54 Å². The van der Waals surface area contributed by atoms with Crippen molar-refractivity contribution in [1.29, 1.82) is 0 Å². The zero-order chi connectivity index (χ0) is 17.8. The van der Waals surface area contributed by atoms with E-state index in [0.717, 1.165) is 31.4 Å². The predicted octanol–water partition coefficient (Wildman–Crippen LogP) is 4.74. The Labute approximate surface area is 156 Å². The molecule has 136 valence electrons. The summed E-state index contributed by atoms with van der Waals surface area (Å²) in [6, 6.07) is 16.9. The van der Waals surface area contributed by atoms with Crippen molar-refractivity contribution in [2.24, 2.45) is 5.92 Å². The number of benzene rings is 2. The maximum atomic E-state index is 5.95. The van der Waals surface area contributed by atoms with Crippen molar-refractivity contribution in [2.75, 3.05) is 26.2 Å². The summed E-state index contributed by atoms with van der Waals surface area (Å²) in [5.41, 5.74) is 1.21. The fraction of sp³-hybridized carbons (Fsp3) is 0.391. The first-order valence-electron chi connectivity index (χ1n) is 9.73. The molecule has 0 saturated carbocycles. The van der Waals surface area contributed by atoms with Gasteiger partial charge in [-0.25, -0.2) is 0 Å². The van der Waals surface area contributed by atoms with E-state index in [1.807, 2.05) is 6.07 Å². The molecular formula is C23H28N2O. The molecule has 26 heavy (non-hydrogen) atoms. The lowest BCUT2D eigenvalue weighted by Crippen LogP contribution is -2.37. The Morgan fingerprint density at radius 3 is 2.27 bits per heavy atom. The second kappa shape index (κ2) is 7.96. The van der Waals surface area contributed by atoms with Crippen LogP contribution in [0.1, 0.15) is 18.4 Å². The Bertz CT molecular complexity index is 813. The SMILES string of the molecule is Cc1ccccc1OCCN1CCC(Cn2cc3ccccc3c2)CC1. The van der Waals surface area contributed by atoms with Crippen LogP contribution in [0, 0.1) is 12.8 Å². The van der Waals surface area contributed by atoms with E-state index in [4.69, 9.17) is 4.74 Å². The van der Waals surface area contributed by atoms with Gasteiger partial charge in [-0.05, 0) is 61.2 Å². The number of nitrogens with zero attached hydrogens (tertiary/aromatic N) is 2. The summed E-state index contributed by atoms with van der Waals surface area (Å²) in [6.45, 7) is 7.41. The van der Waals surface area contributed by atoms with Gasteiger partial charge in [-0.15, -0.1) is 0 Å². The fourth-order valence-electron chi connectivity index (χ4n) is 3.94. The third-order valence-corrected chi connectivity index (χ3v) is 5.54. The molecule has 0 spiro atoms. The summed E-state index contributed by atoms with van der Waals surface area (Å²) in [7, 11) is 0. The number of rotatable bonds is 6. The van der Waals surface area contributed by atoms with Crippen molar-refractivity contribution in [1.82, 2.24) is 9.47 Å². The lowest BCUT2D eigenvalue weighted by Gasteiger charge is -2.32. The van der Waals surface area contributed by atoms with Crippen molar-refractivity contribution in [3.8, 4) is 5.75 Å². The molecule has 1 aliphatic heterocycles. The largest absolute Gasteiger partial charge is 0.492 e. The van der Waals surface area contributed by atoms with Crippen LogP contribution in [0.5, 0.6) is 5.75 Å². The molecule has 1 aromatic heterocycles. The monoisotopic (exact) mass is 348 g/mol. The van der Waals surface area contributed by atoms with E-state index < -0.39 is 0 Å². The van der Waals surface area contributed by atoms with Gasteiger partial charge in [-0.1, -0.05) is 42.5 Å². The third kappa shape index (κ3) is 4.10. The highest BCUT2D eigenvalue weighted by molar-refractivity contribution is 5.82. The fourth-order valence-corrected chi connectivity index (χ4v) is 3.94. The van der Waals surface area contributed by atoms with Crippen molar-refractivity contribution in [3.63, 3.8) is 0 Å². The van der Waals surface area contributed by atoms with E-state index in [2.05, 4.69) is 71.2 Å². The van der Waals surface area contributed by atoms with Gasteiger partial charge in [0.2, 0.25) is 0 Å². The van der Waals surface area contributed by atoms with Gasteiger partial charge in [0.15, 0.2) is 0 Å². The average molecular weight is 348 g/mol. The predicted molar refractivity (Wildman–Crippen MR) is 108 cm³/mol. The van der Waals surface area contributed by atoms with E-state index in [1.54, 1.807) is 0 Å². The standard InChI is InChI=1S/C23H28N2O/c1-19-6-2-5-9-23(19)26-15-14-24-12-10-20(11-13-24)16-25-17-21-7-3-4-8-22(21)18-25/h2-9,17-18,20H,10-16H2,1H3. The van der Waals surface area contributed by atoms with Gasteiger partial charge in [-0.2, -0.15) is 0 Å². The van der Waals surface area contributed by atoms with E-state index in [-0.39, 0.29) is 0 Å². The second-order valence-electron chi connectivity index (χ2n) is 7.48. The Kier molecular flexibility index (Phi) is 5.26. The van der Waals surface area contributed by atoms with Crippen LogP contribution >= 0.6 is 0 Å². The van der Waals surface area contributed by atoms with Gasteiger partial charge < -0.3 is 9.30 Å². The molecule has 0 radical (unpaired) electrons. The van der Waals surface area contributed by atoms with Crippen LogP contribution in [0.2, 0.25) is 0 Å². The highest BCUT2D eigenvalue weighted by atomic mass is 16.5. The quantitative estimate of drug-likeness (QED) is 0.640. The van der Waals surface area contributed by atoms with E-state index in [9.17, 15) is 0 Å². The van der Waals surface area contributed by atoms with Crippen molar-refractivity contribution in [2.45, 2.75) is 26.3 Å². The first-order valence-corrected chi connectivity index (χ1v) is 9.73. The molecule has 0 bridgehead atoms. The minimum Gasteiger partial charge on any atom is -0.492 e. The normalized spacial score (nSPS) is 16.2. The van der Waals surface area contributed by atoms with Crippen LogP contribution < -0.4 is 4.74 Å². The zero-order valence-corrected chi connectivity index (χ0v) is 15.6. The average Bonchev–Trinajstić information content (AvgIpc) is 3.07. The van der Waals surface area contributed by atoms with E-state index in [1.165, 1.54) is 42.3 Å². The molecule has 0 atom stereocenters. The molecule has 0 amide bonds. The number of hydrogen-bond acceptors (Lipinski definition) is 2. The second-order valence-corrected chi connectivity index (χ2v) is 7.48. The van der Waals surface area contributed by atoms with Crippen LogP contribution in [0.3, 0.4) is 0 Å². The molecule has 1 saturated heterocycles. The number of aryl methyl sites for hydroxylation is 1. The molecular weight excluding hydrogens is 320 g/mol. The molecule has 2 heterocycles. The summed E-state index contributed by atoms with van der Waals surface area (Å²) in [5, 5.41) is 2.69. The number of hydrogen-bond donors (Lipinski definition) is 0. The smallest absolute Gasteiger partial charge is 0.122 e. The lowest BCUT2D eigenvalue weighted by atomic mass is 9.97. The van der Waals surface area contributed by atoms with Gasteiger partial charge in [0.25, 0.3) is 0 Å². The maximum absolute atomic E-state index is 5.95. The van der Waals surface area contributed by atoms with Crippen molar-refractivity contribution < 1.29 is 4.74 Å².